The molecule has 0 spiro atoms. The van der Waals surface area contributed by atoms with E-state index in [1.165, 1.54) is 10.4 Å². The van der Waals surface area contributed by atoms with Gasteiger partial charge in [0.25, 0.3) is 10.0 Å². The third-order valence-electron chi connectivity index (χ3n) is 5.74. The minimum atomic E-state index is -3.92. The number of sulfonamides is 1. The van der Waals surface area contributed by atoms with Gasteiger partial charge in [0.15, 0.2) is 0 Å². The standard InChI is InChI=1S/C27H27NO4S/c1-4-32-27(29)16-12-22-18-21-17-20(3)11-15-24(21)25-7-5-6-8-26(25)28(22)33(30,31)23-13-9-19(2)10-14-23/h5-17,22H,4,18H2,1-3H3/b16-12+. The van der Waals surface area contributed by atoms with Crippen LogP contribution in [0.3, 0.4) is 0 Å². The van der Waals surface area contributed by atoms with Gasteiger partial charge in [-0.2, -0.15) is 0 Å². The Bertz CT molecular complexity index is 1310. The fraction of sp³-hybridized carbons (Fsp3) is 0.222. The number of anilines is 1. The Kier molecular flexibility index (Phi) is 6.38. The van der Waals surface area contributed by atoms with E-state index >= 15 is 0 Å². The molecule has 3 aromatic carbocycles. The van der Waals surface area contributed by atoms with Gasteiger partial charge in [-0.05, 0) is 56.5 Å². The minimum absolute atomic E-state index is 0.208. The number of hydrogen-bond acceptors (Lipinski definition) is 4. The fourth-order valence-corrected chi connectivity index (χ4v) is 5.82. The predicted octanol–water partition coefficient (Wildman–Crippen LogP) is 5.21. The van der Waals surface area contributed by atoms with Gasteiger partial charge in [0.2, 0.25) is 0 Å². The average Bonchev–Trinajstić information content (AvgIpc) is 2.92. The molecule has 0 bridgehead atoms. The van der Waals surface area contributed by atoms with Crippen LogP contribution < -0.4 is 4.31 Å². The molecule has 6 heteroatoms. The number of nitrogens with zero attached hydrogens (tertiary/aromatic N) is 1. The van der Waals surface area contributed by atoms with Gasteiger partial charge in [-0.3, -0.25) is 4.31 Å². The van der Waals surface area contributed by atoms with E-state index < -0.39 is 22.0 Å². The first kappa shape index (κ1) is 22.8. The zero-order chi connectivity index (χ0) is 23.6. The van der Waals surface area contributed by atoms with E-state index in [1.54, 1.807) is 37.3 Å². The molecule has 0 aliphatic carbocycles. The van der Waals surface area contributed by atoms with Crippen LogP contribution in [0.4, 0.5) is 5.69 Å². The number of fused-ring (bicyclic) bond motifs is 3. The quantitative estimate of drug-likeness (QED) is 0.387. The number of carbonyl (C=O) groups is 1. The molecular weight excluding hydrogens is 434 g/mol. The van der Waals surface area contributed by atoms with Crippen molar-refractivity contribution in [2.24, 2.45) is 0 Å². The van der Waals surface area contributed by atoms with Crippen LogP contribution in [-0.2, 0) is 26.0 Å². The molecule has 1 aliphatic heterocycles. The van der Waals surface area contributed by atoms with Gasteiger partial charge in [-0.25, -0.2) is 13.2 Å². The van der Waals surface area contributed by atoms with E-state index in [4.69, 9.17) is 4.74 Å². The minimum Gasteiger partial charge on any atom is -0.463 e. The summed E-state index contributed by atoms with van der Waals surface area (Å²) in [6.07, 6.45) is 3.39. The summed E-state index contributed by atoms with van der Waals surface area (Å²) < 4.78 is 34.5. The number of ether oxygens (including phenoxy) is 1. The zero-order valence-electron chi connectivity index (χ0n) is 19.0. The second-order valence-corrected chi connectivity index (χ2v) is 9.99. The van der Waals surface area contributed by atoms with Crippen LogP contribution >= 0.6 is 0 Å². The molecule has 170 valence electrons. The molecule has 0 N–H and O–H groups in total. The van der Waals surface area contributed by atoms with Gasteiger partial charge in [0.05, 0.1) is 23.2 Å². The molecule has 1 atom stereocenters. The molecule has 33 heavy (non-hydrogen) atoms. The van der Waals surface area contributed by atoms with E-state index in [1.807, 2.05) is 50.2 Å². The highest BCUT2D eigenvalue weighted by Gasteiger charge is 2.35. The second kappa shape index (κ2) is 9.24. The largest absolute Gasteiger partial charge is 0.463 e. The molecule has 4 rings (SSSR count). The fourth-order valence-electron chi connectivity index (χ4n) is 4.19. The lowest BCUT2D eigenvalue weighted by Crippen LogP contribution is -2.40. The number of esters is 1. The van der Waals surface area contributed by atoms with Crippen LogP contribution in [0.15, 0.2) is 83.8 Å². The summed E-state index contributed by atoms with van der Waals surface area (Å²) in [5.74, 6) is -0.493. The van der Waals surface area contributed by atoms with Crippen LogP contribution in [0.2, 0.25) is 0 Å². The van der Waals surface area contributed by atoms with Gasteiger partial charge in [-0.15, -0.1) is 0 Å². The van der Waals surface area contributed by atoms with Gasteiger partial charge >= 0.3 is 5.97 Å². The summed E-state index contributed by atoms with van der Waals surface area (Å²) in [5, 5.41) is 0. The van der Waals surface area contributed by atoms with Gasteiger partial charge in [0, 0.05) is 11.6 Å². The Morgan fingerprint density at radius 3 is 2.42 bits per heavy atom. The lowest BCUT2D eigenvalue weighted by Gasteiger charge is -2.30. The van der Waals surface area contributed by atoms with Crippen molar-refractivity contribution >= 4 is 21.7 Å². The Balaban J connectivity index is 1.94. The lowest BCUT2D eigenvalue weighted by atomic mass is 9.95. The maximum Gasteiger partial charge on any atom is 0.330 e. The summed E-state index contributed by atoms with van der Waals surface area (Å²) in [4.78, 5) is 12.3. The van der Waals surface area contributed by atoms with E-state index in [9.17, 15) is 13.2 Å². The highest BCUT2D eigenvalue weighted by atomic mass is 32.2. The van der Waals surface area contributed by atoms with Crippen LogP contribution in [0, 0.1) is 13.8 Å². The SMILES string of the molecule is CCOC(=O)/C=C/C1Cc2cc(C)ccc2-c2ccccc2N1S(=O)(=O)c1ccc(C)cc1. The Morgan fingerprint density at radius 1 is 1.00 bits per heavy atom. The van der Waals surface area contributed by atoms with E-state index in [2.05, 4.69) is 6.07 Å². The Morgan fingerprint density at radius 2 is 1.70 bits per heavy atom. The number of rotatable bonds is 5. The first-order valence-corrected chi connectivity index (χ1v) is 12.4. The molecule has 0 aromatic heterocycles. The molecule has 3 aromatic rings. The second-order valence-electron chi connectivity index (χ2n) is 8.17. The normalized spacial score (nSPS) is 15.6. The molecule has 0 fully saturated rings. The Hall–Kier alpha value is -3.38. The summed E-state index contributed by atoms with van der Waals surface area (Å²) >= 11 is 0. The third-order valence-corrected chi connectivity index (χ3v) is 7.59. The highest BCUT2D eigenvalue weighted by Crippen LogP contribution is 2.41. The van der Waals surface area contributed by atoms with Crippen LogP contribution in [0.5, 0.6) is 0 Å². The summed E-state index contributed by atoms with van der Waals surface area (Å²) in [5.41, 5.74) is 5.52. The zero-order valence-corrected chi connectivity index (χ0v) is 19.8. The van der Waals surface area contributed by atoms with Crippen LogP contribution in [-0.4, -0.2) is 27.0 Å². The van der Waals surface area contributed by atoms with Crippen molar-refractivity contribution in [3.8, 4) is 11.1 Å². The number of benzene rings is 3. The number of carbonyl (C=O) groups excluding carboxylic acids is 1. The van der Waals surface area contributed by atoms with E-state index in [0.717, 1.165) is 27.8 Å². The highest BCUT2D eigenvalue weighted by molar-refractivity contribution is 7.92. The first-order chi connectivity index (χ1) is 15.8. The molecule has 0 saturated heterocycles. The summed E-state index contributed by atoms with van der Waals surface area (Å²) in [7, 11) is -3.92. The smallest absolute Gasteiger partial charge is 0.330 e. The molecule has 0 amide bonds. The van der Waals surface area contributed by atoms with Crippen LogP contribution in [0.1, 0.15) is 23.6 Å². The third kappa shape index (κ3) is 4.57. The average molecular weight is 462 g/mol. The molecule has 1 unspecified atom stereocenters. The molecule has 0 radical (unpaired) electrons. The Labute approximate surface area is 195 Å². The van der Waals surface area contributed by atoms with Crippen molar-refractivity contribution in [1.82, 2.24) is 0 Å². The maximum absolute atomic E-state index is 14.0. The van der Waals surface area contributed by atoms with Crippen molar-refractivity contribution in [2.45, 2.75) is 38.1 Å². The number of hydrogen-bond donors (Lipinski definition) is 0. The molecule has 1 heterocycles. The van der Waals surface area contributed by atoms with Crippen molar-refractivity contribution in [3.05, 3.63) is 95.6 Å². The van der Waals surface area contributed by atoms with E-state index in [-0.39, 0.29) is 11.5 Å². The maximum atomic E-state index is 14.0. The molecule has 0 saturated carbocycles. The monoisotopic (exact) mass is 461 g/mol. The molecular formula is C27H27NO4S. The summed E-state index contributed by atoms with van der Waals surface area (Å²) in [6.45, 7) is 5.92. The van der Waals surface area contributed by atoms with Crippen LogP contribution in [0.25, 0.3) is 11.1 Å². The number of aryl methyl sites for hydroxylation is 2. The first-order valence-electron chi connectivity index (χ1n) is 11.0. The van der Waals surface area contributed by atoms with E-state index in [0.29, 0.717) is 12.1 Å². The number of para-hydroxylation sites is 1. The topological polar surface area (TPSA) is 63.7 Å². The van der Waals surface area contributed by atoms with Gasteiger partial charge < -0.3 is 4.74 Å². The molecule has 1 aliphatic rings. The van der Waals surface area contributed by atoms with Gasteiger partial charge in [0.1, 0.15) is 0 Å². The van der Waals surface area contributed by atoms with Crippen molar-refractivity contribution in [2.75, 3.05) is 10.9 Å². The van der Waals surface area contributed by atoms with Gasteiger partial charge in [-0.1, -0.05) is 65.7 Å². The molecule has 5 nitrogen and oxygen atoms in total. The van der Waals surface area contributed by atoms with Crippen molar-refractivity contribution in [3.63, 3.8) is 0 Å². The lowest BCUT2D eigenvalue weighted by molar-refractivity contribution is -0.137. The predicted molar refractivity (Wildman–Crippen MR) is 131 cm³/mol. The summed E-state index contributed by atoms with van der Waals surface area (Å²) in [6, 6.07) is 19.9. The van der Waals surface area contributed by atoms with Crippen molar-refractivity contribution in [1.29, 1.82) is 0 Å². The van der Waals surface area contributed by atoms with Crippen molar-refractivity contribution < 1.29 is 17.9 Å².